The highest BCUT2D eigenvalue weighted by Gasteiger charge is 2.52. The minimum absolute atomic E-state index is 0.0408. The summed E-state index contributed by atoms with van der Waals surface area (Å²) in [5.74, 6) is 0.994. The second-order valence-electron chi connectivity index (χ2n) is 11.1. The SMILES string of the molecule is O=C(N[C@@H](CSCc1ccccc1)C(=O)N1CCC2C1C(=O)CN2C(=O)c1ccccc1)c1cccc(Oc2ccccc2)c1. The Bertz CT molecular complexity index is 1670. The van der Waals surface area contributed by atoms with E-state index in [2.05, 4.69) is 5.32 Å². The maximum atomic E-state index is 14.1. The van der Waals surface area contributed by atoms with Crippen LogP contribution in [0.2, 0.25) is 0 Å². The summed E-state index contributed by atoms with van der Waals surface area (Å²) in [5, 5.41) is 2.94. The molecule has 2 aliphatic rings. The molecule has 6 rings (SSSR count). The smallest absolute Gasteiger partial charge is 0.254 e. The Labute approximate surface area is 266 Å². The predicted octanol–water partition coefficient (Wildman–Crippen LogP) is 5.21. The number of carbonyl (C=O) groups is 4. The zero-order valence-electron chi connectivity index (χ0n) is 24.6. The van der Waals surface area contributed by atoms with E-state index in [0.29, 0.717) is 47.1 Å². The number of carbonyl (C=O) groups excluding carboxylic acids is 4. The minimum Gasteiger partial charge on any atom is -0.457 e. The summed E-state index contributed by atoms with van der Waals surface area (Å²) in [4.78, 5) is 57.3. The number of nitrogens with zero attached hydrogens (tertiary/aromatic N) is 2. The summed E-state index contributed by atoms with van der Waals surface area (Å²) in [7, 11) is 0. The van der Waals surface area contributed by atoms with E-state index in [1.165, 1.54) is 11.8 Å². The number of ketones is 1. The molecule has 0 bridgehead atoms. The third-order valence-electron chi connectivity index (χ3n) is 8.06. The zero-order valence-corrected chi connectivity index (χ0v) is 25.4. The molecule has 9 heteroatoms. The number of hydrogen-bond acceptors (Lipinski definition) is 6. The van der Waals surface area contributed by atoms with Crippen molar-refractivity contribution in [3.63, 3.8) is 0 Å². The van der Waals surface area contributed by atoms with Gasteiger partial charge in [-0.25, -0.2) is 0 Å². The van der Waals surface area contributed by atoms with Gasteiger partial charge in [0, 0.05) is 29.2 Å². The molecule has 0 aromatic heterocycles. The molecule has 0 saturated carbocycles. The molecule has 2 saturated heterocycles. The van der Waals surface area contributed by atoms with Crippen molar-refractivity contribution in [1.82, 2.24) is 15.1 Å². The van der Waals surface area contributed by atoms with Crippen LogP contribution in [0.5, 0.6) is 11.5 Å². The van der Waals surface area contributed by atoms with E-state index in [-0.39, 0.29) is 24.1 Å². The fraction of sp³-hybridized carbons (Fsp3) is 0.222. The largest absolute Gasteiger partial charge is 0.457 e. The third kappa shape index (κ3) is 6.94. The van der Waals surface area contributed by atoms with Crippen LogP contribution in [0.25, 0.3) is 0 Å². The van der Waals surface area contributed by atoms with Gasteiger partial charge in [-0.05, 0) is 54.4 Å². The van der Waals surface area contributed by atoms with Crippen LogP contribution in [0.4, 0.5) is 0 Å². The molecule has 2 fully saturated rings. The Balaban J connectivity index is 1.18. The first kappa shape index (κ1) is 30.1. The molecule has 8 nitrogen and oxygen atoms in total. The fourth-order valence-corrected chi connectivity index (χ4v) is 6.90. The summed E-state index contributed by atoms with van der Waals surface area (Å²) < 4.78 is 5.91. The molecule has 3 atom stereocenters. The lowest BCUT2D eigenvalue weighted by molar-refractivity contribution is -0.137. The number of fused-ring (bicyclic) bond motifs is 1. The van der Waals surface area contributed by atoms with Gasteiger partial charge in [-0.2, -0.15) is 11.8 Å². The van der Waals surface area contributed by atoms with Crippen LogP contribution < -0.4 is 10.1 Å². The number of amides is 3. The molecule has 4 aromatic rings. The van der Waals surface area contributed by atoms with Crippen molar-refractivity contribution in [3.8, 4) is 11.5 Å². The molecule has 0 aliphatic carbocycles. The van der Waals surface area contributed by atoms with Crippen molar-refractivity contribution in [2.45, 2.75) is 30.3 Å². The number of likely N-dealkylation sites (tertiary alicyclic amines) is 2. The Hall–Kier alpha value is -4.89. The summed E-state index contributed by atoms with van der Waals surface area (Å²) in [5.41, 5.74) is 1.97. The molecule has 3 amide bonds. The number of Topliss-reactive ketones (excluding diaryl/α,β-unsaturated/α-hetero) is 1. The van der Waals surface area contributed by atoms with Gasteiger partial charge in [0.25, 0.3) is 11.8 Å². The van der Waals surface area contributed by atoms with Crippen LogP contribution in [-0.2, 0) is 15.3 Å². The first-order valence-corrected chi connectivity index (χ1v) is 16.1. The van der Waals surface area contributed by atoms with Crippen molar-refractivity contribution in [3.05, 3.63) is 132 Å². The van der Waals surface area contributed by atoms with Gasteiger partial charge in [0.1, 0.15) is 23.6 Å². The molecular formula is C36H33N3O5S. The first-order valence-electron chi connectivity index (χ1n) is 14.9. The lowest BCUT2D eigenvalue weighted by Crippen LogP contribution is -2.53. The van der Waals surface area contributed by atoms with E-state index in [0.717, 1.165) is 5.56 Å². The van der Waals surface area contributed by atoms with Crippen molar-refractivity contribution in [1.29, 1.82) is 0 Å². The molecular weight excluding hydrogens is 586 g/mol. The van der Waals surface area contributed by atoms with Crippen LogP contribution in [0.1, 0.15) is 32.7 Å². The van der Waals surface area contributed by atoms with E-state index in [1.54, 1.807) is 58.3 Å². The Kier molecular flexibility index (Phi) is 9.26. The standard InChI is InChI=1S/C36H33N3O5S/c40-32-22-39(35(42)26-13-6-2-7-14-26)31-19-20-38(33(31)32)36(43)30(24-45-23-25-11-4-1-5-12-25)37-34(41)27-15-10-18-29(21-27)44-28-16-8-3-9-17-28/h1-18,21,30-31,33H,19-20,22-24H2,(H,37,41)/t30-,31?,33?/m0/s1. The van der Waals surface area contributed by atoms with E-state index in [9.17, 15) is 19.2 Å². The summed E-state index contributed by atoms with van der Waals surface area (Å²) in [6, 6.07) is 32.9. The quantitative estimate of drug-likeness (QED) is 0.262. The molecule has 0 spiro atoms. The summed E-state index contributed by atoms with van der Waals surface area (Å²) in [6.07, 6.45) is 0.497. The maximum absolute atomic E-state index is 14.1. The van der Waals surface area contributed by atoms with Crippen molar-refractivity contribution in [2.24, 2.45) is 0 Å². The molecule has 2 unspecified atom stereocenters. The average molecular weight is 620 g/mol. The second-order valence-corrected chi connectivity index (χ2v) is 12.1. The average Bonchev–Trinajstić information content (AvgIpc) is 3.66. The Morgan fingerprint density at radius 1 is 0.800 bits per heavy atom. The van der Waals surface area contributed by atoms with Gasteiger partial charge in [-0.15, -0.1) is 0 Å². The highest BCUT2D eigenvalue weighted by molar-refractivity contribution is 7.98. The lowest BCUT2D eigenvalue weighted by Gasteiger charge is -2.28. The number of ether oxygens (including phenoxy) is 1. The number of hydrogen-bond donors (Lipinski definition) is 1. The molecule has 2 heterocycles. The maximum Gasteiger partial charge on any atom is 0.254 e. The highest BCUT2D eigenvalue weighted by Crippen LogP contribution is 2.32. The number of benzene rings is 4. The van der Waals surface area contributed by atoms with Crippen molar-refractivity contribution < 1.29 is 23.9 Å². The number of rotatable bonds is 10. The second kappa shape index (κ2) is 13.8. The van der Waals surface area contributed by atoms with Gasteiger partial charge in [0.05, 0.1) is 12.6 Å². The van der Waals surface area contributed by atoms with E-state index in [1.807, 2.05) is 66.7 Å². The lowest BCUT2D eigenvalue weighted by atomic mass is 10.1. The molecule has 228 valence electrons. The minimum atomic E-state index is -0.879. The molecule has 1 N–H and O–H groups in total. The molecule has 45 heavy (non-hydrogen) atoms. The highest BCUT2D eigenvalue weighted by atomic mass is 32.2. The summed E-state index contributed by atoms with van der Waals surface area (Å²) in [6.45, 7) is 0.287. The van der Waals surface area contributed by atoms with Crippen LogP contribution in [0, 0.1) is 0 Å². The molecule has 2 aliphatic heterocycles. The van der Waals surface area contributed by atoms with Crippen LogP contribution in [-0.4, -0.2) is 70.3 Å². The molecule has 4 aromatic carbocycles. The van der Waals surface area contributed by atoms with Crippen LogP contribution in [0.15, 0.2) is 115 Å². The zero-order chi connectivity index (χ0) is 31.2. The fourth-order valence-electron chi connectivity index (χ4n) is 5.90. The Morgan fingerprint density at radius 3 is 2.18 bits per heavy atom. The van der Waals surface area contributed by atoms with E-state index < -0.39 is 24.0 Å². The monoisotopic (exact) mass is 619 g/mol. The van der Waals surface area contributed by atoms with Gasteiger partial charge < -0.3 is 19.9 Å². The van der Waals surface area contributed by atoms with Gasteiger partial charge >= 0.3 is 0 Å². The number of nitrogens with one attached hydrogen (secondary N) is 1. The van der Waals surface area contributed by atoms with Gasteiger partial charge in [0.15, 0.2) is 5.78 Å². The predicted molar refractivity (Wildman–Crippen MR) is 173 cm³/mol. The van der Waals surface area contributed by atoms with Gasteiger partial charge in [-0.1, -0.05) is 72.8 Å². The van der Waals surface area contributed by atoms with Gasteiger partial charge in [-0.3, -0.25) is 19.2 Å². The van der Waals surface area contributed by atoms with Crippen molar-refractivity contribution >= 4 is 35.3 Å². The number of thioether (sulfide) groups is 1. The first-order chi connectivity index (χ1) is 22.0. The normalized spacial score (nSPS) is 17.9. The van der Waals surface area contributed by atoms with Crippen LogP contribution >= 0.6 is 11.8 Å². The topological polar surface area (TPSA) is 96.0 Å². The van der Waals surface area contributed by atoms with Crippen molar-refractivity contribution in [2.75, 3.05) is 18.8 Å². The molecule has 0 radical (unpaired) electrons. The third-order valence-corrected chi connectivity index (χ3v) is 9.17. The Morgan fingerprint density at radius 2 is 1.44 bits per heavy atom. The number of para-hydroxylation sites is 1. The van der Waals surface area contributed by atoms with E-state index in [4.69, 9.17) is 4.74 Å². The van der Waals surface area contributed by atoms with Crippen LogP contribution in [0.3, 0.4) is 0 Å². The van der Waals surface area contributed by atoms with Gasteiger partial charge in [0.2, 0.25) is 5.91 Å². The summed E-state index contributed by atoms with van der Waals surface area (Å²) >= 11 is 1.54. The van der Waals surface area contributed by atoms with E-state index >= 15 is 0 Å².